The highest BCUT2D eigenvalue weighted by Crippen LogP contribution is 2.33. The third-order valence-electron chi connectivity index (χ3n) is 6.31. The van der Waals surface area contributed by atoms with Gasteiger partial charge in [-0.15, -0.1) is 0 Å². The average Bonchev–Trinajstić information content (AvgIpc) is 3.12. The molecule has 4 heterocycles. The van der Waals surface area contributed by atoms with E-state index in [4.69, 9.17) is 10.5 Å². The summed E-state index contributed by atoms with van der Waals surface area (Å²) in [5, 5.41) is 0. The molecule has 0 spiro atoms. The number of ether oxygens (including phenoxy) is 1. The topological polar surface area (TPSA) is 132 Å². The molecular formula is C26H23FN6O4. The Morgan fingerprint density at radius 3 is 2.65 bits per heavy atom. The summed E-state index contributed by atoms with van der Waals surface area (Å²) in [4.78, 5) is 54.1. The number of nitrogens with two attached hydrogens (primary N) is 1. The first-order valence-corrected chi connectivity index (χ1v) is 11.7. The predicted octanol–water partition coefficient (Wildman–Crippen LogP) is 2.98. The Morgan fingerprint density at radius 2 is 1.89 bits per heavy atom. The number of benzene rings is 1. The van der Waals surface area contributed by atoms with Crippen LogP contribution in [0.5, 0.6) is 0 Å². The first-order valence-electron chi connectivity index (χ1n) is 11.7. The van der Waals surface area contributed by atoms with Crippen LogP contribution < -0.4 is 5.73 Å². The molecule has 0 radical (unpaired) electrons. The molecule has 2 aliphatic heterocycles. The zero-order valence-corrected chi connectivity index (χ0v) is 19.7. The fraction of sp³-hybridized carbons (Fsp3) is 0.231. The van der Waals surface area contributed by atoms with Gasteiger partial charge >= 0.3 is 12.0 Å². The van der Waals surface area contributed by atoms with Crippen LogP contribution in [0.25, 0.3) is 17.0 Å². The monoisotopic (exact) mass is 502 g/mol. The van der Waals surface area contributed by atoms with Crippen molar-refractivity contribution < 1.29 is 23.5 Å². The van der Waals surface area contributed by atoms with Gasteiger partial charge in [0.05, 0.1) is 17.1 Å². The Balaban J connectivity index is 1.48. The molecule has 5 rings (SSSR count). The van der Waals surface area contributed by atoms with Crippen molar-refractivity contribution in [3.63, 3.8) is 0 Å². The zero-order valence-electron chi connectivity index (χ0n) is 19.7. The summed E-state index contributed by atoms with van der Waals surface area (Å²) in [5.74, 6) is -1.58. The van der Waals surface area contributed by atoms with Crippen LogP contribution in [0.15, 0.2) is 67.1 Å². The van der Waals surface area contributed by atoms with Crippen molar-refractivity contribution in [3.8, 4) is 11.3 Å². The fourth-order valence-corrected chi connectivity index (χ4v) is 4.64. The molecule has 2 N–H and O–H groups in total. The van der Waals surface area contributed by atoms with Gasteiger partial charge in [-0.3, -0.25) is 9.69 Å². The smallest absolute Gasteiger partial charge is 0.357 e. The van der Waals surface area contributed by atoms with Crippen LogP contribution in [-0.2, 0) is 9.53 Å². The third kappa shape index (κ3) is 4.75. The van der Waals surface area contributed by atoms with Crippen LogP contribution in [-0.4, -0.2) is 61.5 Å². The normalized spacial score (nSPS) is 19.5. The van der Waals surface area contributed by atoms with Crippen LogP contribution in [0.1, 0.15) is 35.4 Å². The number of aromatic nitrogens is 3. The lowest BCUT2D eigenvalue weighted by Gasteiger charge is -2.44. The highest BCUT2D eigenvalue weighted by molar-refractivity contribution is 6.00. The Kier molecular flexibility index (Phi) is 6.59. The van der Waals surface area contributed by atoms with E-state index in [1.807, 2.05) is 0 Å². The quantitative estimate of drug-likeness (QED) is 0.543. The lowest BCUT2D eigenvalue weighted by atomic mass is 10.1. The number of urea groups is 1. The predicted molar refractivity (Wildman–Crippen MR) is 130 cm³/mol. The Labute approximate surface area is 211 Å². The van der Waals surface area contributed by atoms with E-state index >= 15 is 0 Å². The minimum absolute atomic E-state index is 0.0316. The van der Waals surface area contributed by atoms with E-state index in [-0.39, 0.29) is 28.6 Å². The number of nitrogens with zero attached hydrogens (tertiary/aromatic N) is 5. The van der Waals surface area contributed by atoms with E-state index in [1.165, 1.54) is 40.5 Å². The van der Waals surface area contributed by atoms with Crippen LogP contribution in [0.4, 0.5) is 9.18 Å². The maximum atomic E-state index is 14.3. The van der Waals surface area contributed by atoms with Crippen LogP contribution in [0.2, 0.25) is 0 Å². The second-order valence-electron chi connectivity index (χ2n) is 8.61. The van der Waals surface area contributed by atoms with Gasteiger partial charge in [-0.2, -0.15) is 0 Å². The first-order chi connectivity index (χ1) is 17.9. The number of hydrogen-bond acceptors (Lipinski definition) is 7. The minimum atomic E-state index is -0.971. The van der Waals surface area contributed by atoms with Gasteiger partial charge in [-0.05, 0) is 49.6 Å². The highest BCUT2D eigenvalue weighted by atomic mass is 19.1. The highest BCUT2D eigenvalue weighted by Gasteiger charge is 2.45. The van der Waals surface area contributed by atoms with Gasteiger partial charge in [0.25, 0.3) is 5.91 Å². The number of hydrogen-bond donors (Lipinski definition) is 1. The molecule has 37 heavy (non-hydrogen) atoms. The Bertz CT molecular complexity index is 1380. The molecule has 2 atom stereocenters. The lowest BCUT2D eigenvalue weighted by Crippen LogP contribution is -2.61. The van der Waals surface area contributed by atoms with Gasteiger partial charge in [-0.1, -0.05) is 18.2 Å². The molecule has 188 valence electrons. The largest absolute Gasteiger partial charge is 0.453 e. The number of esters is 1. The summed E-state index contributed by atoms with van der Waals surface area (Å²) in [5.41, 5.74) is 6.79. The van der Waals surface area contributed by atoms with E-state index < -0.39 is 30.1 Å². The molecule has 3 amide bonds. The molecule has 2 aromatic heterocycles. The van der Waals surface area contributed by atoms with E-state index in [0.717, 1.165) is 0 Å². The summed E-state index contributed by atoms with van der Waals surface area (Å²) in [7, 11) is 0. The van der Waals surface area contributed by atoms with Crippen molar-refractivity contribution in [2.45, 2.75) is 31.5 Å². The van der Waals surface area contributed by atoms with Crippen molar-refractivity contribution >= 4 is 23.6 Å². The SMILES string of the molecule is NC(=O)N1C(c2ccncn2)=CC(=O)N2CCCCC(OC(=O)c3cccc(-c4ccccc4F)n3)C21. The van der Waals surface area contributed by atoms with Gasteiger partial charge in [0.1, 0.15) is 23.9 Å². The number of carbonyl (C=O) groups is 3. The van der Waals surface area contributed by atoms with Crippen molar-refractivity contribution in [2.75, 3.05) is 6.54 Å². The third-order valence-corrected chi connectivity index (χ3v) is 6.31. The maximum absolute atomic E-state index is 14.3. The summed E-state index contributed by atoms with van der Waals surface area (Å²) in [6.07, 6.45) is 3.90. The number of pyridine rings is 1. The van der Waals surface area contributed by atoms with Gasteiger partial charge in [-0.25, -0.2) is 28.9 Å². The van der Waals surface area contributed by atoms with Crippen LogP contribution in [0.3, 0.4) is 0 Å². The maximum Gasteiger partial charge on any atom is 0.357 e. The van der Waals surface area contributed by atoms with Gasteiger partial charge in [0.15, 0.2) is 6.17 Å². The van der Waals surface area contributed by atoms with E-state index in [1.54, 1.807) is 36.4 Å². The van der Waals surface area contributed by atoms with Crippen molar-refractivity contribution in [3.05, 3.63) is 84.3 Å². The van der Waals surface area contributed by atoms with Gasteiger partial charge in [0, 0.05) is 24.4 Å². The van der Waals surface area contributed by atoms with Gasteiger partial charge < -0.3 is 15.4 Å². The molecule has 0 aliphatic carbocycles. The van der Waals surface area contributed by atoms with Crippen molar-refractivity contribution in [2.24, 2.45) is 5.73 Å². The molecule has 10 nitrogen and oxygen atoms in total. The number of carbonyl (C=O) groups excluding carboxylic acids is 3. The standard InChI is InChI=1S/C26H23FN6O4/c27-17-7-2-1-6-16(17)18-8-5-9-20(31-18)25(35)37-22-10-3-4-13-32-23(34)14-21(19-11-12-29-15-30-19)33(24(22)32)26(28)36/h1-2,5-9,11-12,14-15,22,24H,3-4,10,13H2,(H2,28,36). The molecule has 1 fully saturated rings. The number of amides is 3. The molecule has 11 heteroatoms. The van der Waals surface area contributed by atoms with Gasteiger partial charge in [0.2, 0.25) is 0 Å². The summed E-state index contributed by atoms with van der Waals surface area (Å²) in [6.45, 7) is 0.357. The molecule has 2 aliphatic rings. The Morgan fingerprint density at radius 1 is 1.05 bits per heavy atom. The summed E-state index contributed by atoms with van der Waals surface area (Å²) >= 11 is 0. The van der Waals surface area contributed by atoms with Crippen molar-refractivity contribution in [1.29, 1.82) is 0 Å². The summed E-state index contributed by atoms with van der Waals surface area (Å²) in [6, 6.07) is 11.5. The lowest BCUT2D eigenvalue weighted by molar-refractivity contribution is -0.135. The molecule has 3 aromatic rings. The van der Waals surface area contributed by atoms with E-state index in [0.29, 0.717) is 31.5 Å². The number of halogens is 1. The second kappa shape index (κ2) is 10.1. The van der Waals surface area contributed by atoms with Crippen LogP contribution in [0, 0.1) is 5.82 Å². The van der Waals surface area contributed by atoms with E-state index in [2.05, 4.69) is 15.0 Å². The zero-order chi connectivity index (χ0) is 25.9. The van der Waals surface area contributed by atoms with Crippen LogP contribution >= 0.6 is 0 Å². The number of rotatable bonds is 4. The Hall–Kier alpha value is -4.67. The molecule has 2 unspecified atom stereocenters. The number of fused-ring (bicyclic) bond motifs is 1. The molecule has 1 saturated heterocycles. The number of primary amides is 1. The second-order valence-corrected chi connectivity index (χ2v) is 8.61. The molecule has 0 saturated carbocycles. The molecule has 1 aromatic carbocycles. The summed E-state index contributed by atoms with van der Waals surface area (Å²) < 4.78 is 20.1. The minimum Gasteiger partial charge on any atom is -0.453 e. The van der Waals surface area contributed by atoms with Crippen molar-refractivity contribution in [1.82, 2.24) is 24.8 Å². The average molecular weight is 503 g/mol. The first kappa shape index (κ1) is 24.0. The molecular weight excluding hydrogens is 479 g/mol. The molecule has 0 bridgehead atoms. The fourth-order valence-electron chi connectivity index (χ4n) is 4.64. The van der Waals surface area contributed by atoms with E-state index in [9.17, 15) is 18.8 Å².